The number of hydrogen-bond donors (Lipinski definition) is 1. The predicted molar refractivity (Wildman–Crippen MR) is 158 cm³/mol. The first-order valence-corrected chi connectivity index (χ1v) is 15.5. The van der Waals surface area contributed by atoms with Crippen molar-refractivity contribution < 1.29 is 23.8 Å². The first-order chi connectivity index (χ1) is 20.4. The lowest BCUT2D eigenvalue weighted by atomic mass is 9.82. The number of pyridine rings is 1. The summed E-state index contributed by atoms with van der Waals surface area (Å²) in [5, 5.41) is 9.76. The van der Waals surface area contributed by atoms with Crippen LogP contribution in [0.1, 0.15) is 79.7 Å². The highest BCUT2D eigenvalue weighted by Gasteiger charge is 2.40. The Balaban J connectivity index is 1.20. The van der Waals surface area contributed by atoms with Gasteiger partial charge in [0.1, 0.15) is 17.7 Å². The van der Waals surface area contributed by atoms with Crippen LogP contribution >= 0.6 is 0 Å². The van der Waals surface area contributed by atoms with Crippen LogP contribution in [-0.4, -0.2) is 40.7 Å². The summed E-state index contributed by atoms with van der Waals surface area (Å²) < 4.78 is 27.1. The Morgan fingerprint density at radius 3 is 2.69 bits per heavy atom. The summed E-state index contributed by atoms with van der Waals surface area (Å²) in [6, 6.07) is 14.9. The van der Waals surface area contributed by atoms with Crippen molar-refractivity contribution in [2.75, 3.05) is 13.7 Å². The smallest absolute Gasteiger partial charge is 0.306 e. The van der Waals surface area contributed by atoms with E-state index in [0.29, 0.717) is 23.4 Å². The average Bonchev–Trinajstić information content (AvgIpc) is 3.61. The van der Waals surface area contributed by atoms with Gasteiger partial charge in [0.25, 0.3) is 0 Å². The van der Waals surface area contributed by atoms with Crippen LogP contribution in [-0.2, 0) is 17.8 Å². The molecule has 7 heteroatoms. The van der Waals surface area contributed by atoms with Gasteiger partial charge in [-0.2, -0.15) is 0 Å². The van der Waals surface area contributed by atoms with Crippen LogP contribution in [0.2, 0.25) is 0 Å². The molecule has 42 heavy (non-hydrogen) atoms. The molecule has 1 unspecified atom stereocenters. The number of methoxy groups -OCH3 is 1. The maximum absolute atomic E-state index is 15.1. The van der Waals surface area contributed by atoms with Crippen molar-refractivity contribution in [3.05, 3.63) is 76.7 Å². The zero-order chi connectivity index (χ0) is 29.0. The number of carboxylic acid groups (broad SMARTS) is 1. The van der Waals surface area contributed by atoms with Gasteiger partial charge in [-0.25, -0.2) is 9.37 Å². The topological polar surface area (TPSA) is 71.9 Å². The summed E-state index contributed by atoms with van der Waals surface area (Å²) in [6.07, 6.45) is 8.85. The Kier molecular flexibility index (Phi) is 7.17. The molecule has 2 aromatic carbocycles. The number of hydrogen-bond acceptors (Lipinski definition) is 5. The minimum absolute atomic E-state index is 0.00528. The Morgan fingerprint density at radius 1 is 1.12 bits per heavy atom. The van der Waals surface area contributed by atoms with E-state index in [2.05, 4.69) is 40.2 Å². The summed E-state index contributed by atoms with van der Waals surface area (Å²) in [4.78, 5) is 18.5. The summed E-state index contributed by atoms with van der Waals surface area (Å²) >= 11 is 0. The molecule has 0 spiro atoms. The lowest BCUT2D eigenvalue weighted by Gasteiger charge is -2.30. The van der Waals surface area contributed by atoms with E-state index >= 15 is 4.39 Å². The Bertz CT molecular complexity index is 1500. The molecule has 4 aliphatic rings. The third-order valence-electron chi connectivity index (χ3n) is 10.2. The van der Waals surface area contributed by atoms with E-state index in [1.807, 2.05) is 13.0 Å². The van der Waals surface area contributed by atoms with E-state index in [1.54, 1.807) is 13.2 Å². The van der Waals surface area contributed by atoms with Crippen molar-refractivity contribution in [2.24, 2.45) is 17.8 Å². The lowest BCUT2D eigenvalue weighted by molar-refractivity contribution is -0.142. The monoisotopic (exact) mass is 570 g/mol. The van der Waals surface area contributed by atoms with Gasteiger partial charge in [0.15, 0.2) is 0 Å². The molecule has 1 N–H and O–H groups in total. The number of ether oxygens (including phenoxy) is 2. The van der Waals surface area contributed by atoms with Gasteiger partial charge in [-0.15, -0.1) is 0 Å². The van der Waals surface area contributed by atoms with Crippen molar-refractivity contribution in [1.82, 2.24) is 9.88 Å². The third-order valence-corrected chi connectivity index (χ3v) is 10.2. The minimum atomic E-state index is -0.745. The van der Waals surface area contributed by atoms with E-state index in [4.69, 9.17) is 9.47 Å². The van der Waals surface area contributed by atoms with Crippen LogP contribution in [0.3, 0.4) is 0 Å². The standard InChI is InChI=1S/C35H39FN2O4/c1-20(35(39)40)34(23-5-6-23)25-7-4-22-9-12-31(42-32(22)15-25)24-8-11-28(29-16-33(41-2)37-17-30(29)36)26(14-24)19-38-18-21-3-10-27(38)13-21/h4,7-8,11,14-17,20-21,23,27,31,34H,3,5-6,9-10,12-13,18-19H2,1-2H3,(H,39,40)/t20-,21-,27+,31-,34?/m0/s1. The number of rotatable bonds is 9. The van der Waals surface area contributed by atoms with E-state index in [9.17, 15) is 9.90 Å². The molecule has 1 saturated heterocycles. The minimum Gasteiger partial charge on any atom is -0.485 e. The molecular weight excluding hydrogens is 531 g/mol. The molecule has 3 fully saturated rings. The van der Waals surface area contributed by atoms with Crippen molar-refractivity contribution in [2.45, 2.75) is 76.5 Å². The molecule has 2 saturated carbocycles. The number of aryl methyl sites for hydroxylation is 1. The fraction of sp³-hybridized carbons (Fsp3) is 0.486. The molecule has 6 nitrogen and oxygen atoms in total. The van der Waals surface area contributed by atoms with Crippen LogP contribution in [0, 0.1) is 23.6 Å². The molecule has 0 radical (unpaired) electrons. The number of halogens is 1. The maximum Gasteiger partial charge on any atom is 0.306 e. The molecule has 2 aliphatic carbocycles. The zero-order valence-corrected chi connectivity index (χ0v) is 24.4. The maximum atomic E-state index is 15.1. The van der Waals surface area contributed by atoms with Crippen molar-refractivity contribution >= 4 is 5.97 Å². The Hall–Kier alpha value is -3.45. The normalized spacial score (nSPS) is 24.6. The van der Waals surface area contributed by atoms with Crippen molar-refractivity contribution in [1.29, 1.82) is 0 Å². The number of aliphatic carboxylic acids is 1. The highest BCUT2D eigenvalue weighted by Crippen LogP contribution is 2.48. The molecule has 2 bridgehead atoms. The van der Waals surface area contributed by atoms with Crippen LogP contribution < -0.4 is 9.47 Å². The Morgan fingerprint density at radius 2 is 1.98 bits per heavy atom. The molecule has 1 aromatic heterocycles. The van der Waals surface area contributed by atoms with Gasteiger partial charge in [-0.3, -0.25) is 9.69 Å². The Labute approximate surface area is 246 Å². The highest BCUT2D eigenvalue weighted by atomic mass is 19.1. The van der Waals surface area contributed by atoms with Gasteiger partial charge in [0.05, 0.1) is 19.2 Å². The van der Waals surface area contributed by atoms with E-state index in [1.165, 1.54) is 31.0 Å². The number of aromatic nitrogens is 1. The number of likely N-dealkylation sites (tertiary alicyclic amines) is 1. The van der Waals surface area contributed by atoms with E-state index < -0.39 is 11.9 Å². The fourth-order valence-corrected chi connectivity index (χ4v) is 7.79. The molecule has 220 valence electrons. The number of carbonyl (C=O) groups is 1. The SMILES string of the molecule is COc1cc(-c2ccc([C@@H]3CCc4ccc(C(C5CC5)[C@H](C)C(=O)O)cc4O3)cc2CN2C[C@H]3CC[C@@H]2C3)c(F)cn1. The number of piperidine rings is 1. The summed E-state index contributed by atoms with van der Waals surface area (Å²) in [7, 11) is 1.55. The molecule has 5 atom stereocenters. The van der Waals surface area contributed by atoms with E-state index in [-0.39, 0.29) is 17.8 Å². The number of carboxylic acids is 1. The van der Waals surface area contributed by atoms with Crippen LogP contribution in [0.15, 0.2) is 48.7 Å². The lowest BCUT2D eigenvalue weighted by Crippen LogP contribution is -2.31. The van der Waals surface area contributed by atoms with Crippen molar-refractivity contribution in [3.8, 4) is 22.8 Å². The quantitative estimate of drug-likeness (QED) is 0.294. The van der Waals surface area contributed by atoms with Crippen molar-refractivity contribution in [3.63, 3.8) is 0 Å². The highest BCUT2D eigenvalue weighted by molar-refractivity contribution is 5.71. The fourth-order valence-electron chi connectivity index (χ4n) is 7.79. The van der Waals surface area contributed by atoms with Gasteiger partial charge in [-0.1, -0.05) is 37.3 Å². The largest absolute Gasteiger partial charge is 0.485 e. The third kappa shape index (κ3) is 5.17. The van der Waals surface area contributed by atoms with Crippen LogP contribution in [0.4, 0.5) is 4.39 Å². The molecule has 3 aromatic rings. The molecule has 2 aliphatic heterocycles. The van der Waals surface area contributed by atoms with Crippen LogP contribution in [0.25, 0.3) is 11.1 Å². The zero-order valence-electron chi connectivity index (χ0n) is 24.4. The van der Waals surface area contributed by atoms with Gasteiger partial charge >= 0.3 is 5.97 Å². The average molecular weight is 571 g/mol. The summed E-state index contributed by atoms with van der Waals surface area (Å²) in [5.41, 5.74) is 5.80. The predicted octanol–water partition coefficient (Wildman–Crippen LogP) is 7.16. The summed E-state index contributed by atoms with van der Waals surface area (Å²) in [6.45, 7) is 3.70. The van der Waals surface area contributed by atoms with Gasteiger partial charge in [-0.05, 0) is 96.6 Å². The second-order valence-corrected chi connectivity index (χ2v) is 12.9. The molecular formula is C35H39FN2O4. The number of nitrogens with zero attached hydrogens (tertiary/aromatic N) is 2. The van der Waals surface area contributed by atoms with Crippen LogP contribution in [0.5, 0.6) is 11.6 Å². The molecule has 3 heterocycles. The number of benzene rings is 2. The van der Waals surface area contributed by atoms with Gasteiger partial charge in [0, 0.05) is 30.8 Å². The second kappa shape index (κ2) is 11.0. The first-order valence-electron chi connectivity index (χ1n) is 15.5. The molecule has 0 amide bonds. The van der Waals surface area contributed by atoms with Gasteiger partial charge in [0.2, 0.25) is 5.88 Å². The molecule has 7 rings (SSSR count). The first kappa shape index (κ1) is 27.4. The summed E-state index contributed by atoms with van der Waals surface area (Å²) in [5.74, 6) is 0.927. The number of fused-ring (bicyclic) bond motifs is 3. The van der Waals surface area contributed by atoms with Gasteiger partial charge < -0.3 is 14.6 Å². The second-order valence-electron chi connectivity index (χ2n) is 12.9. The van der Waals surface area contributed by atoms with E-state index in [0.717, 1.165) is 72.7 Å².